The lowest BCUT2D eigenvalue weighted by atomic mass is 10.1. The Morgan fingerprint density at radius 2 is 2.25 bits per heavy atom. The van der Waals surface area contributed by atoms with Crippen LogP contribution in [0.2, 0.25) is 0 Å². The second-order valence-corrected chi connectivity index (χ2v) is 3.70. The molecular formula is C10H16N2O4. The molecule has 1 rings (SSSR count). The van der Waals surface area contributed by atoms with Crippen LogP contribution in [0, 0.1) is 5.92 Å². The Balaban J connectivity index is 2.41. The fraction of sp³-hybridized carbons (Fsp3) is 0.700. The monoisotopic (exact) mass is 228 g/mol. The number of rotatable bonds is 4. The largest absolute Gasteiger partial charge is 0.465 e. The number of esters is 1. The van der Waals surface area contributed by atoms with Gasteiger partial charge in [0.2, 0.25) is 11.8 Å². The molecule has 1 atom stereocenters. The van der Waals surface area contributed by atoms with E-state index >= 15 is 0 Å². The van der Waals surface area contributed by atoms with Gasteiger partial charge in [-0.1, -0.05) is 0 Å². The molecule has 0 saturated carbocycles. The third kappa shape index (κ3) is 3.22. The Morgan fingerprint density at radius 3 is 2.75 bits per heavy atom. The van der Waals surface area contributed by atoms with Crippen molar-refractivity contribution in [2.45, 2.75) is 13.3 Å². The molecule has 1 heterocycles. The van der Waals surface area contributed by atoms with Crippen molar-refractivity contribution >= 4 is 17.8 Å². The predicted molar refractivity (Wildman–Crippen MR) is 55.4 cm³/mol. The summed E-state index contributed by atoms with van der Waals surface area (Å²) < 4.78 is 4.73. The van der Waals surface area contributed by atoms with Gasteiger partial charge in [-0.05, 0) is 6.92 Å². The average molecular weight is 228 g/mol. The molecule has 6 heteroatoms. The van der Waals surface area contributed by atoms with Crippen molar-refractivity contribution in [2.75, 3.05) is 26.7 Å². The van der Waals surface area contributed by atoms with Crippen molar-refractivity contribution in [3.05, 3.63) is 0 Å². The molecule has 0 spiro atoms. The van der Waals surface area contributed by atoms with Crippen LogP contribution >= 0.6 is 0 Å². The predicted octanol–water partition coefficient (Wildman–Crippen LogP) is -0.856. The zero-order valence-corrected chi connectivity index (χ0v) is 9.49. The highest BCUT2D eigenvalue weighted by molar-refractivity contribution is 5.90. The van der Waals surface area contributed by atoms with Gasteiger partial charge in [0.05, 0.1) is 12.5 Å². The van der Waals surface area contributed by atoms with E-state index in [0.717, 1.165) is 0 Å². The molecule has 1 fully saturated rings. The first-order valence-electron chi connectivity index (χ1n) is 5.22. The van der Waals surface area contributed by atoms with E-state index in [1.165, 1.54) is 11.9 Å². The molecule has 0 aromatic carbocycles. The Bertz CT molecular complexity index is 303. The van der Waals surface area contributed by atoms with Gasteiger partial charge in [0.1, 0.15) is 6.54 Å². The first-order valence-corrected chi connectivity index (χ1v) is 5.22. The van der Waals surface area contributed by atoms with Gasteiger partial charge in [0.15, 0.2) is 0 Å². The van der Waals surface area contributed by atoms with Gasteiger partial charge in [0.25, 0.3) is 0 Å². The number of nitrogens with zero attached hydrogens (tertiary/aromatic N) is 1. The molecule has 0 radical (unpaired) electrons. The van der Waals surface area contributed by atoms with Crippen LogP contribution in [0.5, 0.6) is 0 Å². The zero-order valence-electron chi connectivity index (χ0n) is 9.49. The molecule has 6 nitrogen and oxygen atoms in total. The highest BCUT2D eigenvalue weighted by Gasteiger charge is 2.30. The lowest BCUT2D eigenvalue weighted by Crippen LogP contribution is -2.38. The Labute approximate surface area is 93.9 Å². The lowest BCUT2D eigenvalue weighted by Gasteiger charge is -2.18. The molecule has 1 N–H and O–H groups in total. The van der Waals surface area contributed by atoms with Gasteiger partial charge < -0.3 is 15.0 Å². The van der Waals surface area contributed by atoms with Gasteiger partial charge in [-0.15, -0.1) is 0 Å². The quantitative estimate of drug-likeness (QED) is 0.635. The number of amides is 2. The smallest absolute Gasteiger partial charge is 0.325 e. The van der Waals surface area contributed by atoms with Gasteiger partial charge in [-0.3, -0.25) is 14.4 Å². The Morgan fingerprint density at radius 1 is 1.56 bits per heavy atom. The standard InChI is InChI=1S/C10H16N2O4/c1-3-16-9(14)6-12(2)10(15)7-4-8(13)11-5-7/h7H,3-6H2,1-2H3,(H,11,13). The number of carbonyl (C=O) groups excluding carboxylic acids is 3. The summed E-state index contributed by atoms with van der Waals surface area (Å²) in [5, 5.41) is 2.58. The van der Waals surface area contributed by atoms with Gasteiger partial charge in [0, 0.05) is 20.0 Å². The first-order chi connectivity index (χ1) is 7.54. The van der Waals surface area contributed by atoms with Crippen molar-refractivity contribution in [3.63, 3.8) is 0 Å². The lowest BCUT2D eigenvalue weighted by molar-refractivity contribution is -0.149. The maximum absolute atomic E-state index is 11.8. The summed E-state index contributed by atoms with van der Waals surface area (Å²) in [6, 6.07) is 0. The summed E-state index contributed by atoms with van der Waals surface area (Å²) in [6.07, 6.45) is 0.200. The minimum atomic E-state index is -0.435. The molecule has 1 saturated heterocycles. The number of hydrogen-bond donors (Lipinski definition) is 1. The van der Waals surface area contributed by atoms with Crippen LogP contribution in [0.3, 0.4) is 0 Å². The molecule has 2 amide bonds. The number of hydrogen-bond acceptors (Lipinski definition) is 4. The van der Waals surface area contributed by atoms with Gasteiger partial charge >= 0.3 is 5.97 Å². The van der Waals surface area contributed by atoms with Crippen LogP contribution in [0.1, 0.15) is 13.3 Å². The normalized spacial score (nSPS) is 19.1. The minimum Gasteiger partial charge on any atom is -0.465 e. The van der Waals surface area contributed by atoms with Crippen LogP contribution in [0.4, 0.5) is 0 Å². The molecule has 1 aliphatic rings. The molecule has 90 valence electrons. The van der Waals surface area contributed by atoms with E-state index in [-0.39, 0.29) is 30.7 Å². The molecule has 16 heavy (non-hydrogen) atoms. The van der Waals surface area contributed by atoms with Gasteiger partial charge in [-0.2, -0.15) is 0 Å². The number of nitrogens with one attached hydrogen (secondary N) is 1. The highest BCUT2D eigenvalue weighted by atomic mass is 16.5. The van der Waals surface area contributed by atoms with E-state index in [9.17, 15) is 14.4 Å². The van der Waals surface area contributed by atoms with E-state index in [4.69, 9.17) is 4.74 Å². The van der Waals surface area contributed by atoms with E-state index in [1.54, 1.807) is 6.92 Å². The maximum Gasteiger partial charge on any atom is 0.325 e. The molecule has 1 unspecified atom stereocenters. The van der Waals surface area contributed by atoms with E-state index in [1.807, 2.05) is 0 Å². The topological polar surface area (TPSA) is 75.7 Å². The first kappa shape index (κ1) is 12.5. The summed E-state index contributed by atoms with van der Waals surface area (Å²) in [5.41, 5.74) is 0. The maximum atomic E-state index is 11.8. The van der Waals surface area contributed by atoms with E-state index < -0.39 is 5.97 Å². The number of likely N-dealkylation sites (N-methyl/N-ethyl adjacent to an activating group) is 1. The zero-order chi connectivity index (χ0) is 12.1. The fourth-order valence-corrected chi connectivity index (χ4v) is 1.57. The number of carbonyl (C=O) groups is 3. The summed E-state index contributed by atoms with van der Waals surface area (Å²) in [7, 11) is 1.53. The van der Waals surface area contributed by atoms with Crippen molar-refractivity contribution in [1.82, 2.24) is 10.2 Å². The van der Waals surface area contributed by atoms with Crippen molar-refractivity contribution in [1.29, 1.82) is 0 Å². The Kier molecular flexibility index (Phi) is 4.28. The third-order valence-electron chi connectivity index (χ3n) is 2.37. The highest BCUT2D eigenvalue weighted by Crippen LogP contribution is 2.11. The van der Waals surface area contributed by atoms with E-state index in [2.05, 4.69) is 5.32 Å². The van der Waals surface area contributed by atoms with Crippen molar-refractivity contribution in [2.24, 2.45) is 5.92 Å². The molecular weight excluding hydrogens is 212 g/mol. The molecule has 0 aromatic heterocycles. The van der Waals surface area contributed by atoms with Crippen LogP contribution < -0.4 is 5.32 Å². The van der Waals surface area contributed by atoms with Crippen LogP contribution in [-0.2, 0) is 19.1 Å². The van der Waals surface area contributed by atoms with Crippen LogP contribution in [-0.4, -0.2) is 49.4 Å². The van der Waals surface area contributed by atoms with Crippen LogP contribution in [0.25, 0.3) is 0 Å². The van der Waals surface area contributed by atoms with Crippen molar-refractivity contribution in [3.8, 4) is 0 Å². The molecule has 0 bridgehead atoms. The average Bonchev–Trinajstić information content (AvgIpc) is 2.64. The summed E-state index contributed by atoms with van der Waals surface area (Å²) >= 11 is 0. The second-order valence-electron chi connectivity index (χ2n) is 3.70. The van der Waals surface area contributed by atoms with Crippen LogP contribution in [0.15, 0.2) is 0 Å². The van der Waals surface area contributed by atoms with Crippen molar-refractivity contribution < 1.29 is 19.1 Å². The SMILES string of the molecule is CCOC(=O)CN(C)C(=O)C1CNC(=O)C1. The summed E-state index contributed by atoms with van der Waals surface area (Å²) in [4.78, 5) is 35.1. The number of ether oxygens (including phenoxy) is 1. The fourth-order valence-electron chi connectivity index (χ4n) is 1.57. The van der Waals surface area contributed by atoms with E-state index in [0.29, 0.717) is 13.2 Å². The minimum absolute atomic E-state index is 0.0721. The molecule has 0 aromatic rings. The second kappa shape index (κ2) is 5.48. The Hall–Kier alpha value is -1.59. The summed E-state index contributed by atoms with van der Waals surface area (Å²) in [5.74, 6) is -1.11. The summed E-state index contributed by atoms with van der Waals surface area (Å²) in [6.45, 7) is 2.28. The molecule has 0 aliphatic carbocycles. The van der Waals surface area contributed by atoms with Gasteiger partial charge in [-0.25, -0.2) is 0 Å². The molecule has 1 aliphatic heterocycles. The third-order valence-corrected chi connectivity index (χ3v) is 2.37.